The Bertz CT molecular complexity index is 515. The zero-order valence-electron chi connectivity index (χ0n) is 10.0. The Balaban J connectivity index is 2.88. The molecule has 1 aromatic carbocycles. The molecule has 3 N–H and O–H groups in total. The number of methoxy groups -OCH3 is 1. The molecule has 0 saturated carbocycles. The van der Waals surface area contributed by atoms with Gasteiger partial charge in [-0.2, -0.15) is 0 Å². The molecule has 0 heterocycles. The van der Waals surface area contributed by atoms with E-state index in [1.54, 1.807) is 25.3 Å². The number of rotatable bonds is 7. The predicted octanol–water partition coefficient (Wildman–Crippen LogP) is 0.636. The van der Waals surface area contributed by atoms with Crippen molar-refractivity contribution in [3.63, 3.8) is 0 Å². The van der Waals surface area contributed by atoms with Gasteiger partial charge in [-0.05, 0) is 12.5 Å². The molecule has 0 spiro atoms. The average Bonchev–Trinajstić information content (AvgIpc) is 2.35. The van der Waals surface area contributed by atoms with Crippen molar-refractivity contribution in [3.05, 3.63) is 29.8 Å². The standard InChI is InChI=1S/C11H16N2O3S2/c1-16-8-4-7-13-18(14,15)10-6-3-2-5-9(10)11(12)17/h2-3,5-6,13H,4,7-8H2,1H3,(H2,12,17). The molecule has 0 aromatic heterocycles. The third-order valence-electron chi connectivity index (χ3n) is 2.26. The van der Waals surface area contributed by atoms with Crippen LogP contribution in [0.25, 0.3) is 0 Å². The van der Waals surface area contributed by atoms with E-state index in [9.17, 15) is 8.42 Å². The van der Waals surface area contributed by atoms with Crippen LogP contribution in [0.1, 0.15) is 12.0 Å². The largest absolute Gasteiger partial charge is 0.389 e. The number of nitrogens with two attached hydrogens (primary N) is 1. The second-order valence-corrected chi connectivity index (χ2v) is 5.78. The molecule has 1 rings (SSSR count). The Morgan fingerprint density at radius 3 is 2.72 bits per heavy atom. The quantitative estimate of drug-likeness (QED) is 0.568. The fraction of sp³-hybridized carbons (Fsp3) is 0.364. The van der Waals surface area contributed by atoms with E-state index in [-0.39, 0.29) is 9.88 Å². The molecule has 0 aliphatic carbocycles. The van der Waals surface area contributed by atoms with E-state index in [1.165, 1.54) is 6.07 Å². The van der Waals surface area contributed by atoms with Crippen LogP contribution in [-0.2, 0) is 14.8 Å². The van der Waals surface area contributed by atoms with Crippen molar-refractivity contribution >= 4 is 27.2 Å². The first-order chi connectivity index (χ1) is 8.49. The van der Waals surface area contributed by atoms with E-state index in [4.69, 9.17) is 22.7 Å². The highest BCUT2D eigenvalue weighted by molar-refractivity contribution is 7.89. The van der Waals surface area contributed by atoms with Gasteiger partial charge in [-0.25, -0.2) is 13.1 Å². The van der Waals surface area contributed by atoms with Crippen LogP contribution in [0, 0.1) is 0 Å². The van der Waals surface area contributed by atoms with Crippen LogP contribution in [-0.4, -0.2) is 33.7 Å². The highest BCUT2D eigenvalue weighted by atomic mass is 32.2. The Kier molecular flexibility index (Phi) is 5.67. The van der Waals surface area contributed by atoms with E-state index >= 15 is 0 Å². The highest BCUT2D eigenvalue weighted by Crippen LogP contribution is 2.14. The maximum absolute atomic E-state index is 12.1. The second-order valence-electron chi connectivity index (χ2n) is 3.60. The summed E-state index contributed by atoms with van der Waals surface area (Å²) in [6.45, 7) is 0.807. The SMILES string of the molecule is COCCCNS(=O)(=O)c1ccccc1C(N)=S. The molecule has 18 heavy (non-hydrogen) atoms. The van der Waals surface area contributed by atoms with Crippen LogP contribution in [0.2, 0.25) is 0 Å². The van der Waals surface area contributed by atoms with Crippen LogP contribution in [0.15, 0.2) is 29.2 Å². The van der Waals surface area contributed by atoms with Gasteiger partial charge in [0.25, 0.3) is 0 Å². The van der Waals surface area contributed by atoms with Gasteiger partial charge in [-0.1, -0.05) is 30.4 Å². The molecule has 7 heteroatoms. The van der Waals surface area contributed by atoms with Crippen molar-refractivity contribution in [1.82, 2.24) is 4.72 Å². The van der Waals surface area contributed by atoms with Gasteiger partial charge in [-0.15, -0.1) is 0 Å². The molecule has 100 valence electrons. The number of ether oxygens (including phenoxy) is 1. The summed E-state index contributed by atoms with van der Waals surface area (Å²) in [5.74, 6) is 0. The van der Waals surface area contributed by atoms with Gasteiger partial charge in [0.2, 0.25) is 10.0 Å². The molecule has 0 amide bonds. The molecule has 0 aliphatic rings. The van der Waals surface area contributed by atoms with Gasteiger partial charge in [0.1, 0.15) is 4.99 Å². The zero-order valence-corrected chi connectivity index (χ0v) is 11.7. The topological polar surface area (TPSA) is 81.4 Å². The first-order valence-corrected chi connectivity index (χ1v) is 7.25. The van der Waals surface area contributed by atoms with E-state index in [0.717, 1.165) is 0 Å². The predicted molar refractivity (Wildman–Crippen MR) is 74.0 cm³/mol. The van der Waals surface area contributed by atoms with Crippen molar-refractivity contribution in [2.24, 2.45) is 5.73 Å². The lowest BCUT2D eigenvalue weighted by molar-refractivity contribution is 0.196. The van der Waals surface area contributed by atoms with E-state index in [0.29, 0.717) is 25.1 Å². The average molecular weight is 288 g/mol. The zero-order chi connectivity index (χ0) is 13.6. The number of benzene rings is 1. The molecule has 0 fully saturated rings. The maximum Gasteiger partial charge on any atom is 0.241 e. The van der Waals surface area contributed by atoms with Crippen LogP contribution >= 0.6 is 12.2 Å². The lowest BCUT2D eigenvalue weighted by atomic mass is 10.2. The normalized spacial score (nSPS) is 11.4. The fourth-order valence-corrected chi connectivity index (χ4v) is 2.94. The smallest absolute Gasteiger partial charge is 0.241 e. The minimum absolute atomic E-state index is 0.0628. The number of hydrogen-bond donors (Lipinski definition) is 2. The van der Waals surface area contributed by atoms with Gasteiger partial charge >= 0.3 is 0 Å². The van der Waals surface area contributed by atoms with E-state index in [2.05, 4.69) is 4.72 Å². The Hall–Kier alpha value is -1.02. The maximum atomic E-state index is 12.1. The van der Waals surface area contributed by atoms with Crippen molar-refractivity contribution in [2.75, 3.05) is 20.3 Å². The summed E-state index contributed by atoms with van der Waals surface area (Å²) >= 11 is 4.84. The van der Waals surface area contributed by atoms with Crippen LogP contribution in [0.3, 0.4) is 0 Å². The third kappa shape index (κ3) is 4.02. The van der Waals surface area contributed by atoms with Gasteiger partial charge < -0.3 is 10.5 Å². The molecule has 0 radical (unpaired) electrons. The Morgan fingerprint density at radius 2 is 2.11 bits per heavy atom. The number of nitrogens with one attached hydrogen (secondary N) is 1. The van der Waals surface area contributed by atoms with Gasteiger partial charge in [0, 0.05) is 25.8 Å². The van der Waals surface area contributed by atoms with Crippen LogP contribution in [0.5, 0.6) is 0 Å². The molecule has 0 atom stereocenters. The summed E-state index contributed by atoms with van der Waals surface area (Å²) in [6.07, 6.45) is 0.602. The highest BCUT2D eigenvalue weighted by Gasteiger charge is 2.18. The third-order valence-corrected chi connectivity index (χ3v) is 4.00. The van der Waals surface area contributed by atoms with Crippen LogP contribution < -0.4 is 10.5 Å². The van der Waals surface area contributed by atoms with Crippen molar-refractivity contribution < 1.29 is 13.2 Å². The second kappa shape index (κ2) is 6.79. The lowest BCUT2D eigenvalue weighted by Gasteiger charge is -2.10. The molecular formula is C11H16N2O3S2. The summed E-state index contributed by atoms with van der Waals surface area (Å²) < 4.78 is 31.4. The monoisotopic (exact) mass is 288 g/mol. The molecule has 0 bridgehead atoms. The number of hydrogen-bond acceptors (Lipinski definition) is 4. The molecule has 0 saturated heterocycles. The van der Waals surface area contributed by atoms with E-state index < -0.39 is 10.0 Å². The molecule has 5 nitrogen and oxygen atoms in total. The van der Waals surface area contributed by atoms with E-state index in [1.807, 2.05) is 0 Å². The summed E-state index contributed by atoms with van der Waals surface area (Å²) in [5.41, 5.74) is 5.86. The van der Waals surface area contributed by atoms with Gasteiger partial charge in [-0.3, -0.25) is 0 Å². The number of thiocarbonyl (C=S) groups is 1. The lowest BCUT2D eigenvalue weighted by Crippen LogP contribution is -2.28. The number of sulfonamides is 1. The Labute approximate surface area is 112 Å². The molecular weight excluding hydrogens is 272 g/mol. The summed E-state index contributed by atoms with van der Waals surface area (Å²) in [4.78, 5) is 0.169. The minimum atomic E-state index is -3.59. The van der Waals surface area contributed by atoms with Crippen molar-refractivity contribution in [3.8, 4) is 0 Å². The van der Waals surface area contributed by atoms with Crippen molar-refractivity contribution in [1.29, 1.82) is 0 Å². The van der Waals surface area contributed by atoms with Crippen LogP contribution in [0.4, 0.5) is 0 Å². The minimum Gasteiger partial charge on any atom is -0.389 e. The van der Waals surface area contributed by atoms with Crippen molar-refractivity contribution in [2.45, 2.75) is 11.3 Å². The van der Waals surface area contributed by atoms with Gasteiger partial charge in [0.15, 0.2) is 0 Å². The molecule has 1 aromatic rings. The summed E-state index contributed by atoms with van der Waals surface area (Å²) in [7, 11) is -2.02. The summed E-state index contributed by atoms with van der Waals surface area (Å²) in [6, 6.07) is 6.39. The first-order valence-electron chi connectivity index (χ1n) is 5.36. The summed E-state index contributed by atoms with van der Waals surface area (Å²) in [5, 5.41) is 0. The molecule has 0 unspecified atom stereocenters. The first kappa shape index (κ1) is 15.0. The fourth-order valence-electron chi connectivity index (χ4n) is 1.41. The molecule has 0 aliphatic heterocycles. The Morgan fingerprint density at radius 1 is 1.44 bits per heavy atom. The van der Waals surface area contributed by atoms with Gasteiger partial charge in [0.05, 0.1) is 4.90 Å².